The van der Waals surface area contributed by atoms with Gasteiger partial charge in [0.1, 0.15) is 0 Å². The summed E-state index contributed by atoms with van der Waals surface area (Å²) in [6, 6.07) is 16.7. The Morgan fingerprint density at radius 1 is 0.957 bits per heavy atom. The fourth-order valence-corrected chi connectivity index (χ4v) is 2.55. The number of aromatic nitrogens is 1. The molecule has 0 aliphatic heterocycles. The van der Waals surface area contributed by atoms with Crippen molar-refractivity contribution in [3.05, 3.63) is 59.7 Å². The topological polar surface area (TPSA) is 45.1 Å². The molecule has 23 heavy (non-hydrogen) atoms. The van der Waals surface area contributed by atoms with Crippen molar-refractivity contribution >= 4 is 29.0 Å². The molecule has 0 saturated carbocycles. The lowest BCUT2D eigenvalue weighted by Crippen LogP contribution is -2.06. The molecular weight excluding hydrogens is 308 g/mol. The minimum absolute atomic E-state index is 0. The van der Waals surface area contributed by atoms with Crippen LogP contribution in [0.5, 0.6) is 0 Å². The summed E-state index contributed by atoms with van der Waals surface area (Å²) in [5.41, 5.74) is 6.45. The van der Waals surface area contributed by atoms with Crippen molar-refractivity contribution in [1.82, 2.24) is 4.98 Å². The van der Waals surface area contributed by atoms with Gasteiger partial charge >= 0.3 is 0 Å². The molecule has 0 spiro atoms. The maximum atomic E-state index is 9.08. The van der Waals surface area contributed by atoms with Crippen molar-refractivity contribution in [3.63, 3.8) is 0 Å². The Labute approximate surface area is 142 Å². The molecule has 0 unspecified atom stereocenters. The highest BCUT2D eigenvalue weighted by molar-refractivity contribution is 5.94. The van der Waals surface area contributed by atoms with Crippen LogP contribution in [-0.4, -0.2) is 23.2 Å². The van der Waals surface area contributed by atoms with Crippen LogP contribution >= 0.6 is 12.4 Å². The van der Waals surface area contributed by atoms with E-state index >= 15 is 0 Å². The highest BCUT2D eigenvalue weighted by Gasteiger charge is 2.07. The van der Waals surface area contributed by atoms with Gasteiger partial charge in [0.25, 0.3) is 0 Å². The Kier molecular flexibility index (Phi) is 5.59. The summed E-state index contributed by atoms with van der Waals surface area (Å²) < 4.78 is 0. The molecule has 1 heterocycles. The fourth-order valence-electron chi connectivity index (χ4n) is 2.55. The summed E-state index contributed by atoms with van der Waals surface area (Å²) in [5.74, 6) is 0. The molecule has 2 aromatic carbocycles. The second-order valence-electron chi connectivity index (χ2n) is 5.59. The van der Waals surface area contributed by atoms with Gasteiger partial charge in [-0.15, -0.1) is 12.4 Å². The van der Waals surface area contributed by atoms with Gasteiger partial charge in [0.05, 0.1) is 17.8 Å². The van der Waals surface area contributed by atoms with Gasteiger partial charge in [0, 0.05) is 23.2 Å². The van der Waals surface area contributed by atoms with Gasteiger partial charge in [-0.2, -0.15) is 0 Å². The Morgan fingerprint density at radius 3 is 2.35 bits per heavy atom. The zero-order valence-corrected chi connectivity index (χ0v) is 14.2. The van der Waals surface area contributed by atoms with Gasteiger partial charge in [-0.3, -0.25) is 0 Å². The number of aliphatic hydroxyl groups is 1. The molecule has 0 fully saturated rings. The van der Waals surface area contributed by atoms with Crippen LogP contribution in [-0.2, 0) is 0 Å². The molecular formula is C19H21ClN2O. The van der Waals surface area contributed by atoms with Gasteiger partial charge in [-0.1, -0.05) is 42.0 Å². The molecule has 4 heteroatoms. The van der Waals surface area contributed by atoms with Crippen LogP contribution in [0.1, 0.15) is 11.1 Å². The number of pyridine rings is 1. The summed E-state index contributed by atoms with van der Waals surface area (Å²) in [6.45, 7) is 4.78. The second-order valence-corrected chi connectivity index (χ2v) is 5.59. The molecule has 120 valence electrons. The number of rotatable bonds is 4. The zero-order valence-electron chi connectivity index (χ0n) is 13.3. The number of aliphatic hydroxyl groups excluding tert-OH is 1. The number of benzene rings is 2. The van der Waals surface area contributed by atoms with Gasteiger partial charge in [0.15, 0.2) is 0 Å². The summed E-state index contributed by atoms with van der Waals surface area (Å²) in [6.07, 6.45) is 0. The van der Waals surface area contributed by atoms with Crippen LogP contribution in [0.25, 0.3) is 22.2 Å². The van der Waals surface area contributed by atoms with Crippen LogP contribution in [0.3, 0.4) is 0 Å². The lowest BCUT2D eigenvalue weighted by molar-refractivity contribution is 0.311. The maximum absolute atomic E-state index is 9.08. The quantitative estimate of drug-likeness (QED) is 0.748. The number of nitrogens with zero attached hydrogens (tertiary/aromatic N) is 1. The predicted octanol–water partition coefficient (Wildman–Crippen LogP) is 4.34. The molecule has 0 aliphatic carbocycles. The van der Waals surface area contributed by atoms with Crippen LogP contribution < -0.4 is 5.32 Å². The number of nitrogens with one attached hydrogen (secondary N) is 1. The molecule has 3 rings (SSSR count). The normalized spacial score (nSPS) is 10.4. The van der Waals surface area contributed by atoms with Crippen LogP contribution in [0.15, 0.2) is 48.5 Å². The number of hydrogen-bond donors (Lipinski definition) is 2. The van der Waals surface area contributed by atoms with Gasteiger partial charge < -0.3 is 10.4 Å². The highest BCUT2D eigenvalue weighted by atomic mass is 35.5. The number of hydrogen-bond acceptors (Lipinski definition) is 3. The minimum atomic E-state index is 0. The van der Waals surface area contributed by atoms with Gasteiger partial charge in [0.2, 0.25) is 0 Å². The molecule has 0 radical (unpaired) electrons. The highest BCUT2D eigenvalue weighted by Crippen LogP contribution is 2.29. The molecule has 2 N–H and O–H groups in total. The van der Waals surface area contributed by atoms with Crippen molar-refractivity contribution < 1.29 is 5.11 Å². The van der Waals surface area contributed by atoms with Crippen molar-refractivity contribution in [2.45, 2.75) is 13.8 Å². The Bertz CT molecular complexity index is 800. The van der Waals surface area contributed by atoms with E-state index in [1.54, 1.807) is 0 Å². The van der Waals surface area contributed by atoms with Crippen molar-refractivity contribution in [3.8, 4) is 11.3 Å². The third kappa shape index (κ3) is 3.81. The number of halogens is 1. The Morgan fingerprint density at radius 2 is 1.65 bits per heavy atom. The smallest absolute Gasteiger partial charge is 0.0732 e. The zero-order chi connectivity index (χ0) is 15.5. The first kappa shape index (κ1) is 17.3. The Hall–Kier alpha value is -2.10. The summed E-state index contributed by atoms with van der Waals surface area (Å²) >= 11 is 0. The van der Waals surface area contributed by atoms with E-state index in [2.05, 4.69) is 67.7 Å². The van der Waals surface area contributed by atoms with Gasteiger partial charge in [-0.05, 0) is 31.5 Å². The fraction of sp³-hybridized carbons (Fsp3) is 0.211. The summed E-state index contributed by atoms with van der Waals surface area (Å²) in [7, 11) is 0. The first-order valence-electron chi connectivity index (χ1n) is 7.50. The molecule has 0 bridgehead atoms. The lowest BCUT2D eigenvalue weighted by Gasteiger charge is -2.12. The SMILES string of the molecule is Cc1ccc(-c2cc(NCCO)c3ccc(C)cc3n2)cc1.Cl. The Balaban J connectivity index is 0.00000192. The molecule has 0 saturated heterocycles. The van der Waals surface area contributed by atoms with Gasteiger partial charge in [-0.25, -0.2) is 4.98 Å². The third-order valence-electron chi connectivity index (χ3n) is 3.74. The maximum Gasteiger partial charge on any atom is 0.0732 e. The first-order valence-corrected chi connectivity index (χ1v) is 7.50. The van der Waals surface area contributed by atoms with E-state index in [9.17, 15) is 0 Å². The molecule has 3 nitrogen and oxygen atoms in total. The second kappa shape index (κ2) is 7.44. The predicted molar refractivity (Wildman–Crippen MR) is 99.5 cm³/mol. The van der Waals surface area contributed by atoms with E-state index in [-0.39, 0.29) is 19.0 Å². The number of aryl methyl sites for hydroxylation is 2. The number of fused-ring (bicyclic) bond motifs is 1. The first-order chi connectivity index (χ1) is 10.7. The lowest BCUT2D eigenvalue weighted by atomic mass is 10.1. The van der Waals surface area contributed by atoms with E-state index in [1.807, 2.05) is 0 Å². The monoisotopic (exact) mass is 328 g/mol. The van der Waals surface area contributed by atoms with E-state index in [1.165, 1.54) is 11.1 Å². The average molecular weight is 329 g/mol. The summed E-state index contributed by atoms with van der Waals surface area (Å²) in [4.78, 5) is 4.80. The molecule has 1 aromatic heterocycles. The van der Waals surface area contributed by atoms with E-state index < -0.39 is 0 Å². The van der Waals surface area contributed by atoms with Crippen LogP contribution in [0, 0.1) is 13.8 Å². The molecule has 0 aliphatic rings. The van der Waals surface area contributed by atoms with Crippen molar-refractivity contribution in [1.29, 1.82) is 0 Å². The molecule has 3 aromatic rings. The average Bonchev–Trinajstić information content (AvgIpc) is 2.52. The largest absolute Gasteiger partial charge is 0.395 e. The number of anilines is 1. The van der Waals surface area contributed by atoms with E-state index in [0.29, 0.717) is 6.54 Å². The summed E-state index contributed by atoms with van der Waals surface area (Å²) in [5, 5.41) is 13.4. The van der Waals surface area contributed by atoms with E-state index in [0.717, 1.165) is 27.8 Å². The van der Waals surface area contributed by atoms with Crippen molar-refractivity contribution in [2.75, 3.05) is 18.5 Å². The van der Waals surface area contributed by atoms with Crippen LogP contribution in [0.2, 0.25) is 0 Å². The van der Waals surface area contributed by atoms with Crippen LogP contribution in [0.4, 0.5) is 5.69 Å². The molecule has 0 amide bonds. The molecule has 0 atom stereocenters. The minimum Gasteiger partial charge on any atom is -0.395 e. The van der Waals surface area contributed by atoms with Crippen molar-refractivity contribution in [2.24, 2.45) is 0 Å². The third-order valence-corrected chi connectivity index (χ3v) is 3.74. The van der Waals surface area contributed by atoms with E-state index in [4.69, 9.17) is 10.1 Å². The standard InChI is InChI=1S/C19H20N2O.ClH/c1-13-3-6-15(7-4-13)17-12-18(20-9-10-22)16-8-5-14(2)11-19(16)21-17;/h3-8,11-12,22H,9-10H2,1-2H3,(H,20,21);1H.